The van der Waals surface area contributed by atoms with Gasteiger partial charge in [0, 0.05) is 13.5 Å². The minimum absolute atomic E-state index is 0.535. The summed E-state index contributed by atoms with van der Waals surface area (Å²) in [7, 11) is 1.70. The summed E-state index contributed by atoms with van der Waals surface area (Å²) < 4.78 is 10.3. The lowest BCUT2D eigenvalue weighted by atomic mass is 9.82. The minimum Gasteiger partial charge on any atom is -0.497 e. The van der Waals surface area contributed by atoms with Gasteiger partial charge < -0.3 is 9.26 Å². The number of benzene rings is 1. The van der Waals surface area contributed by atoms with Gasteiger partial charge in [0.2, 0.25) is 5.89 Å². The molecule has 1 saturated heterocycles. The molecule has 118 valence electrons. The van der Waals surface area contributed by atoms with E-state index in [0.29, 0.717) is 17.7 Å². The molecule has 1 fully saturated rings. The minimum atomic E-state index is 0.535. The van der Waals surface area contributed by atoms with Crippen molar-refractivity contribution in [2.24, 2.45) is 5.92 Å². The van der Waals surface area contributed by atoms with E-state index in [9.17, 15) is 0 Å². The van der Waals surface area contributed by atoms with Gasteiger partial charge in [-0.1, -0.05) is 24.2 Å². The second-order valence-corrected chi connectivity index (χ2v) is 6.11. The van der Waals surface area contributed by atoms with Gasteiger partial charge in [-0.05, 0) is 42.5 Å². The van der Waals surface area contributed by atoms with Crippen LogP contribution in [0.4, 0.5) is 0 Å². The Morgan fingerprint density at radius 2 is 2.09 bits per heavy atom. The van der Waals surface area contributed by atoms with E-state index in [1.807, 2.05) is 19.1 Å². The highest BCUT2D eigenvalue weighted by Crippen LogP contribution is 2.33. The van der Waals surface area contributed by atoms with Crippen molar-refractivity contribution >= 4 is 0 Å². The molecule has 0 N–H and O–H groups in total. The first-order chi connectivity index (χ1) is 10.7. The van der Waals surface area contributed by atoms with Crippen LogP contribution in [-0.4, -0.2) is 35.2 Å². The molecule has 0 radical (unpaired) electrons. The summed E-state index contributed by atoms with van der Waals surface area (Å²) in [6, 6.07) is 8.46. The van der Waals surface area contributed by atoms with Gasteiger partial charge in [0.05, 0.1) is 13.7 Å². The van der Waals surface area contributed by atoms with Crippen molar-refractivity contribution in [1.82, 2.24) is 15.0 Å². The lowest BCUT2D eigenvalue weighted by Gasteiger charge is -2.36. The molecule has 0 amide bonds. The number of aromatic nitrogens is 2. The van der Waals surface area contributed by atoms with Gasteiger partial charge in [0.1, 0.15) is 5.75 Å². The van der Waals surface area contributed by atoms with Crippen LogP contribution in [0.5, 0.6) is 5.75 Å². The van der Waals surface area contributed by atoms with Crippen LogP contribution in [0.2, 0.25) is 0 Å². The molecule has 0 spiro atoms. The molecule has 1 aromatic carbocycles. The number of aryl methyl sites for hydroxylation is 1. The third-order valence-corrected chi connectivity index (χ3v) is 4.52. The van der Waals surface area contributed by atoms with Crippen LogP contribution in [0.3, 0.4) is 0 Å². The molecule has 22 heavy (non-hydrogen) atoms. The van der Waals surface area contributed by atoms with E-state index >= 15 is 0 Å². The molecular weight excluding hydrogens is 278 g/mol. The summed E-state index contributed by atoms with van der Waals surface area (Å²) >= 11 is 0. The van der Waals surface area contributed by atoms with Gasteiger partial charge in [-0.25, -0.2) is 0 Å². The molecule has 2 heterocycles. The van der Waals surface area contributed by atoms with Gasteiger partial charge in [0.25, 0.3) is 0 Å². The van der Waals surface area contributed by atoms with Crippen molar-refractivity contribution in [2.75, 3.05) is 20.2 Å². The van der Waals surface area contributed by atoms with Gasteiger partial charge in [-0.3, -0.25) is 4.90 Å². The Bertz CT molecular complexity index is 609. The molecule has 5 nitrogen and oxygen atoms in total. The van der Waals surface area contributed by atoms with E-state index < -0.39 is 0 Å². The van der Waals surface area contributed by atoms with Crippen LogP contribution in [0.25, 0.3) is 0 Å². The third-order valence-electron chi connectivity index (χ3n) is 4.52. The molecule has 1 aliphatic heterocycles. The van der Waals surface area contributed by atoms with Crippen LogP contribution in [0.1, 0.15) is 36.5 Å². The summed E-state index contributed by atoms with van der Waals surface area (Å²) in [5.41, 5.74) is 1.38. The van der Waals surface area contributed by atoms with Crippen molar-refractivity contribution in [1.29, 1.82) is 0 Å². The Kier molecular flexibility index (Phi) is 4.43. The van der Waals surface area contributed by atoms with Crippen LogP contribution >= 0.6 is 0 Å². The maximum Gasteiger partial charge on any atom is 0.223 e. The zero-order chi connectivity index (χ0) is 15.5. The monoisotopic (exact) mass is 301 g/mol. The topological polar surface area (TPSA) is 51.4 Å². The second-order valence-electron chi connectivity index (χ2n) is 6.11. The molecular formula is C17H23N3O2. The predicted octanol–water partition coefficient (Wildman–Crippen LogP) is 3.01. The van der Waals surface area contributed by atoms with Crippen LogP contribution < -0.4 is 4.74 Å². The quantitative estimate of drug-likeness (QED) is 0.869. The molecule has 2 unspecified atom stereocenters. The van der Waals surface area contributed by atoms with Crippen molar-refractivity contribution in [3.63, 3.8) is 0 Å². The average Bonchev–Trinajstić information content (AvgIpc) is 2.94. The number of methoxy groups -OCH3 is 1. The molecule has 0 aliphatic carbocycles. The Labute approximate surface area is 131 Å². The van der Waals surface area contributed by atoms with Crippen molar-refractivity contribution in [3.8, 4) is 5.75 Å². The number of nitrogens with zero attached hydrogens (tertiary/aromatic N) is 3. The normalized spacial score (nSPS) is 22.7. The van der Waals surface area contributed by atoms with Crippen LogP contribution in [0.15, 0.2) is 28.8 Å². The van der Waals surface area contributed by atoms with E-state index in [4.69, 9.17) is 9.26 Å². The summed E-state index contributed by atoms with van der Waals surface area (Å²) in [5.74, 6) is 3.53. The number of piperidine rings is 1. The first kappa shape index (κ1) is 15.0. The van der Waals surface area contributed by atoms with Crippen molar-refractivity contribution in [2.45, 2.75) is 32.7 Å². The zero-order valence-electron chi connectivity index (χ0n) is 13.5. The average molecular weight is 301 g/mol. The first-order valence-corrected chi connectivity index (χ1v) is 7.81. The fraction of sp³-hybridized carbons (Fsp3) is 0.529. The van der Waals surface area contributed by atoms with Gasteiger partial charge in [-0.15, -0.1) is 0 Å². The van der Waals surface area contributed by atoms with E-state index in [0.717, 1.165) is 31.2 Å². The van der Waals surface area contributed by atoms with Crippen LogP contribution in [-0.2, 0) is 6.54 Å². The summed E-state index contributed by atoms with van der Waals surface area (Å²) in [5, 5.41) is 4.01. The number of rotatable bonds is 4. The van der Waals surface area contributed by atoms with E-state index in [1.54, 1.807) is 7.11 Å². The number of likely N-dealkylation sites (tertiary alicyclic amines) is 1. The Morgan fingerprint density at radius 3 is 2.73 bits per heavy atom. The fourth-order valence-electron chi connectivity index (χ4n) is 3.17. The van der Waals surface area contributed by atoms with Crippen LogP contribution in [0, 0.1) is 12.8 Å². The Balaban J connectivity index is 1.69. The smallest absolute Gasteiger partial charge is 0.223 e. The highest BCUT2D eigenvalue weighted by molar-refractivity contribution is 5.30. The standard InChI is InChI=1S/C17H23N3O2/c1-12-8-9-20(11-17-18-13(2)22-19-17)10-16(12)14-4-6-15(21-3)7-5-14/h4-7,12,16H,8-11H2,1-3H3. The van der Waals surface area contributed by atoms with Gasteiger partial charge in [-0.2, -0.15) is 4.98 Å². The summed E-state index contributed by atoms with van der Waals surface area (Å²) in [6.07, 6.45) is 1.19. The number of hydrogen-bond acceptors (Lipinski definition) is 5. The van der Waals surface area contributed by atoms with Gasteiger partial charge in [0.15, 0.2) is 5.82 Å². The molecule has 2 atom stereocenters. The Morgan fingerprint density at radius 1 is 1.32 bits per heavy atom. The zero-order valence-corrected chi connectivity index (χ0v) is 13.5. The molecule has 5 heteroatoms. The molecule has 0 bridgehead atoms. The fourth-order valence-corrected chi connectivity index (χ4v) is 3.17. The lowest BCUT2D eigenvalue weighted by molar-refractivity contribution is 0.155. The molecule has 1 aliphatic rings. The lowest BCUT2D eigenvalue weighted by Crippen LogP contribution is -2.38. The Hall–Kier alpha value is -1.88. The number of ether oxygens (including phenoxy) is 1. The summed E-state index contributed by atoms with van der Waals surface area (Å²) in [4.78, 5) is 6.72. The molecule has 0 saturated carbocycles. The second kappa shape index (κ2) is 6.48. The third kappa shape index (κ3) is 3.30. The maximum absolute atomic E-state index is 5.25. The highest BCUT2D eigenvalue weighted by Gasteiger charge is 2.28. The predicted molar refractivity (Wildman–Crippen MR) is 83.8 cm³/mol. The largest absolute Gasteiger partial charge is 0.497 e. The van der Waals surface area contributed by atoms with E-state index in [-0.39, 0.29) is 0 Å². The highest BCUT2D eigenvalue weighted by atomic mass is 16.5. The first-order valence-electron chi connectivity index (χ1n) is 7.81. The van der Waals surface area contributed by atoms with Gasteiger partial charge >= 0.3 is 0 Å². The molecule has 3 rings (SSSR count). The maximum atomic E-state index is 5.25. The molecule has 2 aromatic rings. The SMILES string of the molecule is COc1ccc(C2CN(Cc3noc(C)n3)CCC2C)cc1. The van der Waals surface area contributed by atoms with Crippen molar-refractivity contribution < 1.29 is 9.26 Å². The van der Waals surface area contributed by atoms with E-state index in [1.165, 1.54) is 12.0 Å². The van der Waals surface area contributed by atoms with E-state index in [2.05, 4.69) is 34.1 Å². The molecule has 1 aromatic heterocycles. The summed E-state index contributed by atoms with van der Waals surface area (Å²) in [6.45, 7) is 7.04. The van der Waals surface area contributed by atoms with Crippen molar-refractivity contribution in [3.05, 3.63) is 41.5 Å². The number of hydrogen-bond donors (Lipinski definition) is 0.